The molecule has 1 atom stereocenters. The lowest BCUT2D eigenvalue weighted by atomic mass is 9.97. The fraction of sp³-hybridized carbons (Fsp3) is 0.250. The summed E-state index contributed by atoms with van der Waals surface area (Å²) < 4.78 is 6.26. The lowest BCUT2D eigenvalue weighted by molar-refractivity contribution is 0.214. The summed E-state index contributed by atoms with van der Waals surface area (Å²) in [6.45, 7) is 4.11. The molecule has 0 radical (unpaired) electrons. The number of aryl methyl sites for hydroxylation is 2. The quantitative estimate of drug-likeness (QED) is 0.920. The van der Waals surface area contributed by atoms with Crippen LogP contribution in [0.15, 0.2) is 40.9 Å². The van der Waals surface area contributed by atoms with E-state index < -0.39 is 6.10 Å². The third-order valence-electron chi connectivity index (χ3n) is 3.34. The number of benzene rings is 2. The van der Waals surface area contributed by atoms with Crippen LogP contribution in [0.4, 0.5) is 0 Å². The van der Waals surface area contributed by atoms with Crippen LogP contribution in [0.3, 0.4) is 0 Å². The first-order valence-corrected chi connectivity index (χ1v) is 6.91. The maximum atomic E-state index is 10.5. The first kappa shape index (κ1) is 14.1. The molecule has 0 aliphatic rings. The second kappa shape index (κ2) is 5.76. The second-order valence-electron chi connectivity index (χ2n) is 4.63. The van der Waals surface area contributed by atoms with Gasteiger partial charge in [-0.1, -0.05) is 40.2 Å². The van der Waals surface area contributed by atoms with Crippen molar-refractivity contribution in [3.05, 3.63) is 63.1 Å². The SMILES string of the molecule is COc1cc(Br)ccc1C(O)c1ccc(C)c(C)c1. The van der Waals surface area contributed by atoms with Crippen molar-refractivity contribution in [2.75, 3.05) is 7.11 Å². The van der Waals surface area contributed by atoms with Crippen molar-refractivity contribution in [1.82, 2.24) is 0 Å². The van der Waals surface area contributed by atoms with Gasteiger partial charge in [0.2, 0.25) is 0 Å². The number of hydrogen-bond acceptors (Lipinski definition) is 2. The van der Waals surface area contributed by atoms with Gasteiger partial charge >= 0.3 is 0 Å². The molecule has 0 saturated heterocycles. The molecular formula is C16H17BrO2. The van der Waals surface area contributed by atoms with Crippen LogP contribution in [0.1, 0.15) is 28.4 Å². The lowest BCUT2D eigenvalue weighted by Crippen LogP contribution is -2.03. The smallest absolute Gasteiger partial charge is 0.126 e. The van der Waals surface area contributed by atoms with E-state index in [0.717, 1.165) is 15.6 Å². The van der Waals surface area contributed by atoms with E-state index in [9.17, 15) is 5.11 Å². The fourth-order valence-electron chi connectivity index (χ4n) is 2.03. The Labute approximate surface area is 122 Å². The van der Waals surface area contributed by atoms with Gasteiger partial charge in [-0.15, -0.1) is 0 Å². The molecule has 0 aromatic heterocycles. The zero-order valence-corrected chi connectivity index (χ0v) is 12.9. The highest BCUT2D eigenvalue weighted by Gasteiger charge is 2.16. The average molecular weight is 321 g/mol. The normalized spacial score (nSPS) is 12.3. The monoisotopic (exact) mass is 320 g/mol. The predicted molar refractivity (Wildman–Crippen MR) is 80.7 cm³/mol. The number of halogens is 1. The Bertz CT molecular complexity index is 593. The Kier molecular flexibility index (Phi) is 4.27. The summed E-state index contributed by atoms with van der Waals surface area (Å²) in [6.07, 6.45) is -0.678. The molecule has 2 aromatic carbocycles. The minimum atomic E-state index is -0.678. The number of aliphatic hydroxyl groups is 1. The summed E-state index contributed by atoms with van der Waals surface area (Å²) >= 11 is 3.40. The number of hydrogen-bond donors (Lipinski definition) is 1. The molecule has 2 nitrogen and oxygen atoms in total. The van der Waals surface area contributed by atoms with E-state index in [1.807, 2.05) is 43.3 Å². The van der Waals surface area contributed by atoms with Gasteiger partial charge in [-0.3, -0.25) is 0 Å². The van der Waals surface area contributed by atoms with E-state index in [1.165, 1.54) is 11.1 Å². The topological polar surface area (TPSA) is 29.5 Å². The van der Waals surface area contributed by atoms with Gasteiger partial charge in [0.15, 0.2) is 0 Å². The van der Waals surface area contributed by atoms with Crippen molar-refractivity contribution < 1.29 is 9.84 Å². The van der Waals surface area contributed by atoms with Crippen LogP contribution in [0, 0.1) is 13.8 Å². The molecule has 19 heavy (non-hydrogen) atoms. The zero-order chi connectivity index (χ0) is 14.0. The standard InChI is InChI=1S/C16H17BrO2/c1-10-4-5-12(8-11(10)2)16(18)14-7-6-13(17)9-15(14)19-3/h4-9,16,18H,1-3H3. The molecule has 2 rings (SSSR count). The maximum absolute atomic E-state index is 10.5. The summed E-state index contributed by atoms with van der Waals surface area (Å²) in [5.74, 6) is 0.681. The Balaban J connectivity index is 2.43. The van der Waals surface area contributed by atoms with Crippen LogP contribution in [0.25, 0.3) is 0 Å². The predicted octanol–water partition coefficient (Wildman–Crippen LogP) is 4.16. The van der Waals surface area contributed by atoms with Crippen molar-refractivity contribution >= 4 is 15.9 Å². The molecule has 3 heteroatoms. The Morgan fingerprint density at radius 1 is 1.05 bits per heavy atom. The summed E-state index contributed by atoms with van der Waals surface area (Å²) in [6, 6.07) is 11.6. The van der Waals surface area contributed by atoms with Gasteiger partial charge in [-0.05, 0) is 42.7 Å². The minimum Gasteiger partial charge on any atom is -0.496 e. The molecule has 0 amide bonds. The van der Waals surface area contributed by atoms with Crippen LogP contribution in [-0.2, 0) is 0 Å². The first-order valence-electron chi connectivity index (χ1n) is 6.11. The van der Waals surface area contributed by atoms with Gasteiger partial charge in [0.05, 0.1) is 7.11 Å². The van der Waals surface area contributed by atoms with E-state index in [4.69, 9.17) is 4.74 Å². The molecule has 1 unspecified atom stereocenters. The van der Waals surface area contributed by atoms with Crippen LogP contribution in [0.5, 0.6) is 5.75 Å². The molecule has 0 aliphatic carbocycles. The van der Waals surface area contributed by atoms with Crippen LogP contribution >= 0.6 is 15.9 Å². The van der Waals surface area contributed by atoms with E-state index >= 15 is 0 Å². The van der Waals surface area contributed by atoms with Crippen LogP contribution in [0.2, 0.25) is 0 Å². The molecule has 0 fully saturated rings. The summed E-state index contributed by atoms with van der Waals surface area (Å²) in [5, 5.41) is 10.5. The molecule has 0 spiro atoms. The van der Waals surface area contributed by atoms with Gasteiger partial charge in [-0.2, -0.15) is 0 Å². The second-order valence-corrected chi connectivity index (χ2v) is 5.55. The summed E-state index contributed by atoms with van der Waals surface area (Å²) in [4.78, 5) is 0. The van der Waals surface area contributed by atoms with Gasteiger partial charge in [-0.25, -0.2) is 0 Å². The Morgan fingerprint density at radius 3 is 2.42 bits per heavy atom. The molecule has 1 N–H and O–H groups in total. The first-order chi connectivity index (χ1) is 9.02. The molecule has 0 bridgehead atoms. The van der Waals surface area contributed by atoms with Crippen molar-refractivity contribution in [1.29, 1.82) is 0 Å². The van der Waals surface area contributed by atoms with E-state index in [1.54, 1.807) is 7.11 Å². The van der Waals surface area contributed by atoms with E-state index in [-0.39, 0.29) is 0 Å². The van der Waals surface area contributed by atoms with Gasteiger partial charge < -0.3 is 9.84 Å². The van der Waals surface area contributed by atoms with Crippen molar-refractivity contribution in [3.63, 3.8) is 0 Å². The number of rotatable bonds is 3. The molecule has 0 heterocycles. The van der Waals surface area contributed by atoms with Crippen molar-refractivity contribution in [3.8, 4) is 5.75 Å². The fourth-order valence-corrected chi connectivity index (χ4v) is 2.37. The van der Waals surface area contributed by atoms with Crippen LogP contribution in [-0.4, -0.2) is 12.2 Å². The number of methoxy groups -OCH3 is 1. The highest BCUT2D eigenvalue weighted by atomic mass is 79.9. The van der Waals surface area contributed by atoms with Crippen molar-refractivity contribution in [2.45, 2.75) is 20.0 Å². The number of aliphatic hydroxyl groups excluding tert-OH is 1. The largest absolute Gasteiger partial charge is 0.496 e. The molecule has 100 valence electrons. The molecule has 2 aromatic rings. The van der Waals surface area contributed by atoms with Crippen LogP contribution < -0.4 is 4.74 Å². The summed E-state index contributed by atoms with van der Waals surface area (Å²) in [5.41, 5.74) is 4.05. The Morgan fingerprint density at radius 2 is 1.79 bits per heavy atom. The minimum absolute atomic E-state index is 0.678. The third kappa shape index (κ3) is 2.99. The lowest BCUT2D eigenvalue weighted by Gasteiger charge is -2.16. The number of ether oxygens (including phenoxy) is 1. The highest BCUT2D eigenvalue weighted by molar-refractivity contribution is 9.10. The highest BCUT2D eigenvalue weighted by Crippen LogP contribution is 2.32. The maximum Gasteiger partial charge on any atom is 0.126 e. The molecule has 0 aliphatic heterocycles. The van der Waals surface area contributed by atoms with Gasteiger partial charge in [0.25, 0.3) is 0 Å². The van der Waals surface area contributed by atoms with Crippen molar-refractivity contribution in [2.24, 2.45) is 0 Å². The third-order valence-corrected chi connectivity index (χ3v) is 3.83. The average Bonchev–Trinajstić information content (AvgIpc) is 2.41. The molecular weight excluding hydrogens is 304 g/mol. The van der Waals surface area contributed by atoms with Gasteiger partial charge in [0, 0.05) is 10.0 Å². The van der Waals surface area contributed by atoms with E-state index in [0.29, 0.717) is 5.75 Å². The zero-order valence-electron chi connectivity index (χ0n) is 11.3. The van der Waals surface area contributed by atoms with Gasteiger partial charge in [0.1, 0.15) is 11.9 Å². The molecule has 0 saturated carbocycles. The Hall–Kier alpha value is -1.32. The summed E-state index contributed by atoms with van der Waals surface area (Å²) in [7, 11) is 1.61. The van der Waals surface area contributed by atoms with E-state index in [2.05, 4.69) is 22.9 Å².